The molecule has 2 heterocycles. The van der Waals surface area contributed by atoms with Crippen LogP contribution in [0, 0.1) is 5.92 Å². The van der Waals surface area contributed by atoms with Gasteiger partial charge in [-0.05, 0) is 44.5 Å². The lowest BCUT2D eigenvalue weighted by Crippen LogP contribution is -2.42. The summed E-state index contributed by atoms with van der Waals surface area (Å²) in [4.78, 5) is 19.7. The van der Waals surface area contributed by atoms with Crippen molar-refractivity contribution in [1.29, 1.82) is 0 Å². The summed E-state index contributed by atoms with van der Waals surface area (Å²) in [5.41, 5.74) is 1.82. The van der Waals surface area contributed by atoms with Crippen LogP contribution in [0.2, 0.25) is 0 Å². The van der Waals surface area contributed by atoms with Crippen molar-refractivity contribution < 1.29 is 4.79 Å². The Kier molecular flexibility index (Phi) is 7.01. The van der Waals surface area contributed by atoms with E-state index in [1.165, 1.54) is 0 Å². The molecule has 1 aliphatic heterocycles. The first-order valence-corrected chi connectivity index (χ1v) is 9.78. The van der Waals surface area contributed by atoms with Gasteiger partial charge in [0.25, 0.3) is 5.91 Å². The number of para-hydroxylation sites is 1. The van der Waals surface area contributed by atoms with Crippen molar-refractivity contribution in [2.75, 3.05) is 26.7 Å². The summed E-state index contributed by atoms with van der Waals surface area (Å²) in [7, 11) is 1.95. The van der Waals surface area contributed by atoms with Crippen LogP contribution >= 0.6 is 12.4 Å². The molecule has 1 unspecified atom stereocenters. The third kappa shape index (κ3) is 4.66. The fourth-order valence-electron chi connectivity index (χ4n) is 3.77. The van der Waals surface area contributed by atoms with Crippen LogP contribution in [0.25, 0.3) is 17.1 Å². The van der Waals surface area contributed by atoms with Gasteiger partial charge in [-0.1, -0.05) is 48.5 Å². The summed E-state index contributed by atoms with van der Waals surface area (Å²) in [6, 6.07) is 19.7. The standard InChI is InChI=1S/C22H25N5O.ClH/c1-23-15-17-9-8-14-26(16-17)22(28)20-24-21(18-10-4-2-5-11-18)27(25-20)19-12-6-3-7-13-19;/h2-7,10-13,17,23H,8-9,14-16H2,1H3;1H. The molecule has 152 valence electrons. The lowest BCUT2D eigenvalue weighted by atomic mass is 9.98. The summed E-state index contributed by atoms with van der Waals surface area (Å²) in [6.07, 6.45) is 2.16. The van der Waals surface area contributed by atoms with Gasteiger partial charge in [-0.15, -0.1) is 17.5 Å². The van der Waals surface area contributed by atoms with Crippen LogP contribution in [0.5, 0.6) is 0 Å². The zero-order chi connectivity index (χ0) is 19.3. The summed E-state index contributed by atoms with van der Waals surface area (Å²) in [5, 5.41) is 7.82. The minimum atomic E-state index is -0.0901. The van der Waals surface area contributed by atoms with Crippen molar-refractivity contribution in [1.82, 2.24) is 25.0 Å². The molecule has 1 aliphatic rings. The molecule has 7 heteroatoms. The van der Waals surface area contributed by atoms with Crippen LogP contribution in [-0.2, 0) is 0 Å². The first kappa shape index (κ1) is 21.0. The minimum absolute atomic E-state index is 0. The zero-order valence-electron chi connectivity index (χ0n) is 16.5. The monoisotopic (exact) mass is 411 g/mol. The number of nitrogens with one attached hydrogen (secondary N) is 1. The Bertz CT molecular complexity index is 870. The Morgan fingerprint density at radius 1 is 1.10 bits per heavy atom. The molecule has 0 spiro atoms. The average Bonchev–Trinajstić information content (AvgIpc) is 3.20. The summed E-state index contributed by atoms with van der Waals surface area (Å²) < 4.78 is 1.76. The van der Waals surface area contributed by atoms with Crippen LogP contribution in [0.1, 0.15) is 23.5 Å². The number of nitrogens with zero attached hydrogens (tertiary/aromatic N) is 4. The highest BCUT2D eigenvalue weighted by Crippen LogP contribution is 2.23. The smallest absolute Gasteiger partial charge is 0.293 e. The van der Waals surface area contributed by atoms with Crippen molar-refractivity contribution in [2.45, 2.75) is 12.8 Å². The third-order valence-electron chi connectivity index (χ3n) is 5.13. The Balaban J connectivity index is 0.00000240. The molecule has 0 saturated carbocycles. The topological polar surface area (TPSA) is 63.1 Å². The summed E-state index contributed by atoms with van der Waals surface area (Å²) in [6.45, 7) is 2.44. The maximum Gasteiger partial charge on any atom is 0.293 e. The minimum Gasteiger partial charge on any atom is -0.336 e. The molecule has 3 aromatic rings. The molecule has 1 aromatic heterocycles. The van der Waals surface area contributed by atoms with Gasteiger partial charge in [0.05, 0.1) is 5.69 Å². The van der Waals surface area contributed by atoms with Gasteiger partial charge in [0.15, 0.2) is 5.82 Å². The second kappa shape index (κ2) is 9.67. The van der Waals surface area contributed by atoms with E-state index in [1.54, 1.807) is 4.68 Å². The zero-order valence-corrected chi connectivity index (χ0v) is 17.3. The number of likely N-dealkylation sites (tertiary alicyclic amines) is 1. The van der Waals surface area contributed by atoms with Crippen LogP contribution in [0.3, 0.4) is 0 Å². The van der Waals surface area contributed by atoms with Gasteiger partial charge < -0.3 is 10.2 Å². The van der Waals surface area contributed by atoms with Gasteiger partial charge >= 0.3 is 0 Å². The third-order valence-corrected chi connectivity index (χ3v) is 5.13. The molecule has 6 nitrogen and oxygen atoms in total. The van der Waals surface area contributed by atoms with Crippen LogP contribution in [0.15, 0.2) is 60.7 Å². The van der Waals surface area contributed by atoms with Gasteiger partial charge in [-0.3, -0.25) is 4.79 Å². The number of amides is 1. The Labute approximate surface area is 177 Å². The van der Waals surface area contributed by atoms with Crippen LogP contribution < -0.4 is 5.32 Å². The maximum absolute atomic E-state index is 13.1. The van der Waals surface area contributed by atoms with Gasteiger partial charge in [0.1, 0.15) is 0 Å². The highest BCUT2D eigenvalue weighted by molar-refractivity contribution is 5.91. The molecule has 1 saturated heterocycles. The van der Waals surface area contributed by atoms with Crippen molar-refractivity contribution >= 4 is 18.3 Å². The van der Waals surface area contributed by atoms with E-state index >= 15 is 0 Å². The Morgan fingerprint density at radius 3 is 2.48 bits per heavy atom. The van der Waals surface area contributed by atoms with E-state index in [9.17, 15) is 4.79 Å². The molecule has 4 rings (SSSR count). The largest absolute Gasteiger partial charge is 0.336 e. The quantitative estimate of drug-likeness (QED) is 0.698. The van der Waals surface area contributed by atoms with Gasteiger partial charge in [-0.25, -0.2) is 9.67 Å². The molecule has 29 heavy (non-hydrogen) atoms. The fraction of sp³-hybridized carbons (Fsp3) is 0.318. The first-order valence-electron chi connectivity index (χ1n) is 9.78. The lowest BCUT2D eigenvalue weighted by Gasteiger charge is -2.31. The Morgan fingerprint density at radius 2 is 1.79 bits per heavy atom. The lowest BCUT2D eigenvalue weighted by molar-refractivity contribution is 0.0662. The predicted molar refractivity (Wildman–Crippen MR) is 117 cm³/mol. The number of piperidine rings is 1. The Hall–Kier alpha value is -2.70. The van der Waals surface area contributed by atoms with E-state index in [2.05, 4.69) is 15.4 Å². The highest BCUT2D eigenvalue weighted by atomic mass is 35.5. The van der Waals surface area contributed by atoms with E-state index < -0.39 is 0 Å². The van der Waals surface area contributed by atoms with Gasteiger partial charge in [0.2, 0.25) is 5.82 Å². The molecule has 0 radical (unpaired) electrons. The van der Waals surface area contributed by atoms with Crippen molar-refractivity contribution in [2.24, 2.45) is 5.92 Å². The fourth-order valence-corrected chi connectivity index (χ4v) is 3.77. The maximum atomic E-state index is 13.1. The number of rotatable bonds is 5. The molecule has 1 fully saturated rings. The number of carbonyl (C=O) groups is 1. The van der Waals surface area contributed by atoms with Gasteiger partial charge in [-0.2, -0.15) is 0 Å². The SMILES string of the molecule is CNCC1CCCN(C(=O)c2nc(-c3ccccc3)n(-c3ccccc3)n2)C1.Cl. The number of aromatic nitrogens is 3. The first-order chi connectivity index (χ1) is 13.8. The molecule has 2 aromatic carbocycles. The van der Waals surface area contributed by atoms with Crippen LogP contribution in [-0.4, -0.2) is 52.3 Å². The van der Waals surface area contributed by atoms with Gasteiger partial charge in [0, 0.05) is 18.7 Å². The molecule has 1 N–H and O–H groups in total. The number of hydrogen-bond donors (Lipinski definition) is 1. The molecule has 0 aliphatic carbocycles. The van der Waals surface area contributed by atoms with Crippen LogP contribution in [0.4, 0.5) is 0 Å². The van der Waals surface area contributed by atoms with E-state index in [0.29, 0.717) is 11.7 Å². The summed E-state index contributed by atoms with van der Waals surface area (Å²) in [5.74, 6) is 1.33. The van der Waals surface area contributed by atoms with Crippen molar-refractivity contribution in [3.05, 3.63) is 66.5 Å². The average molecular weight is 412 g/mol. The van der Waals surface area contributed by atoms with Crippen molar-refractivity contribution in [3.8, 4) is 17.1 Å². The van der Waals surface area contributed by atoms with Crippen molar-refractivity contribution in [3.63, 3.8) is 0 Å². The number of carbonyl (C=O) groups excluding carboxylic acids is 1. The highest BCUT2D eigenvalue weighted by Gasteiger charge is 2.28. The number of benzene rings is 2. The van der Waals surface area contributed by atoms with E-state index in [1.807, 2.05) is 72.6 Å². The normalized spacial score (nSPS) is 16.3. The molecule has 1 atom stereocenters. The molecule has 0 bridgehead atoms. The van der Waals surface area contributed by atoms with E-state index in [0.717, 1.165) is 43.7 Å². The van der Waals surface area contributed by atoms with E-state index in [-0.39, 0.29) is 24.1 Å². The van der Waals surface area contributed by atoms with E-state index in [4.69, 9.17) is 0 Å². The number of halogens is 1. The second-order valence-electron chi connectivity index (χ2n) is 7.19. The molecular formula is C22H26ClN5O. The second-order valence-corrected chi connectivity index (χ2v) is 7.19. The summed E-state index contributed by atoms with van der Waals surface area (Å²) >= 11 is 0. The molecule has 1 amide bonds. The predicted octanol–water partition coefficient (Wildman–Crippen LogP) is 3.43. The number of hydrogen-bond acceptors (Lipinski definition) is 4. The molecular weight excluding hydrogens is 386 g/mol.